The highest BCUT2D eigenvalue weighted by Crippen LogP contribution is 2.47. The van der Waals surface area contributed by atoms with Crippen molar-refractivity contribution in [2.75, 3.05) is 18.0 Å². The Kier molecular flexibility index (Phi) is 3.71. The van der Waals surface area contributed by atoms with Gasteiger partial charge in [0.2, 0.25) is 0 Å². The molecule has 1 unspecified atom stereocenters. The third-order valence-electron chi connectivity index (χ3n) is 4.05. The summed E-state index contributed by atoms with van der Waals surface area (Å²) in [5.41, 5.74) is 1.39. The van der Waals surface area contributed by atoms with E-state index in [-0.39, 0.29) is 12.0 Å². The highest BCUT2D eigenvalue weighted by atomic mass is 32.1. The van der Waals surface area contributed by atoms with E-state index in [0.717, 1.165) is 24.1 Å². The molecule has 1 aromatic rings. The van der Waals surface area contributed by atoms with Crippen molar-refractivity contribution in [1.29, 1.82) is 5.26 Å². The van der Waals surface area contributed by atoms with Crippen LogP contribution in [0.4, 0.5) is 15.3 Å². The van der Waals surface area contributed by atoms with Crippen LogP contribution in [0.2, 0.25) is 0 Å². The number of rotatable bonds is 4. The minimum Gasteiger partial charge on any atom is -0.442 e. The van der Waals surface area contributed by atoms with E-state index in [9.17, 15) is 14.9 Å². The molecule has 1 N–H and O–H groups in total. The SMILES string of the molecule is N#CC1(c2ccc(N3CC(CNC(=O)S)OC3=O)cc2)CC1. The molecule has 0 aromatic heterocycles. The minimum absolute atomic E-state index is 0.236. The summed E-state index contributed by atoms with van der Waals surface area (Å²) in [6, 6.07) is 9.78. The van der Waals surface area contributed by atoms with Crippen molar-refractivity contribution < 1.29 is 14.3 Å². The lowest BCUT2D eigenvalue weighted by atomic mass is 9.97. The first-order valence-corrected chi connectivity index (χ1v) is 7.45. The molecule has 1 saturated heterocycles. The van der Waals surface area contributed by atoms with E-state index in [0.29, 0.717) is 6.54 Å². The van der Waals surface area contributed by atoms with Crippen molar-refractivity contribution in [3.05, 3.63) is 29.8 Å². The topological polar surface area (TPSA) is 82.4 Å². The second kappa shape index (κ2) is 5.54. The van der Waals surface area contributed by atoms with Crippen molar-refractivity contribution in [2.45, 2.75) is 24.4 Å². The van der Waals surface area contributed by atoms with Gasteiger partial charge < -0.3 is 10.1 Å². The standard InChI is InChI=1S/C15H15N3O3S/c16-9-15(5-6-15)10-1-3-11(4-2-10)18-8-12(21-14(18)20)7-17-13(19)22/h1-4,12H,5-8H2,(H2,17,19,22). The molecular formula is C15H15N3O3S. The number of anilines is 1. The van der Waals surface area contributed by atoms with Crippen molar-refractivity contribution >= 4 is 29.6 Å². The van der Waals surface area contributed by atoms with E-state index < -0.39 is 17.4 Å². The molecule has 1 atom stereocenters. The van der Waals surface area contributed by atoms with Gasteiger partial charge in [-0.15, -0.1) is 0 Å². The largest absolute Gasteiger partial charge is 0.442 e. The molecule has 1 aliphatic heterocycles. The lowest BCUT2D eigenvalue weighted by Crippen LogP contribution is -2.32. The predicted octanol–water partition coefficient (Wildman–Crippen LogP) is 2.21. The van der Waals surface area contributed by atoms with Gasteiger partial charge in [0.05, 0.1) is 24.6 Å². The number of nitriles is 1. The van der Waals surface area contributed by atoms with E-state index in [2.05, 4.69) is 24.0 Å². The monoisotopic (exact) mass is 317 g/mol. The third kappa shape index (κ3) is 2.74. The minimum atomic E-state index is -0.454. The predicted molar refractivity (Wildman–Crippen MR) is 83.0 cm³/mol. The summed E-state index contributed by atoms with van der Waals surface area (Å²) in [6.45, 7) is 0.607. The lowest BCUT2D eigenvalue weighted by Gasteiger charge is -2.14. The summed E-state index contributed by atoms with van der Waals surface area (Å²) in [6.07, 6.45) is 0.949. The number of thiol groups is 1. The Hall–Kier alpha value is -2.20. The Morgan fingerprint density at radius 2 is 2.14 bits per heavy atom. The van der Waals surface area contributed by atoms with Crippen LogP contribution in [0, 0.1) is 11.3 Å². The molecule has 6 nitrogen and oxygen atoms in total. The fourth-order valence-electron chi connectivity index (χ4n) is 2.59. The number of carbonyl (C=O) groups excluding carboxylic acids is 2. The normalized spacial score (nSPS) is 21.9. The van der Waals surface area contributed by atoms with Crippen LogP contribution in [0.25, 0.3) is 0 Å². The van der Waals surface area contributed by atoms with Crippen LogP contribution in [0.1, 0.15) is 18.4 Å². The number of nitrogens with zero attached hydrogens (tertiary/aromatic N) is 2. The highest BCUT2D eigenvalue weighted by Gasteiger charge is 2.44. The summed E-state index contributed by atoms with van der Waals surface area (Å²) in [4.78, 5) is 24.2. The molecule has 1 heterocycles. The Labute approximate surface area is 133 Å². The second-order valence-electron chi connectivity index (χ2n) is 5.54. The molecule has 2 fully saturated rings. The van der Waals surface area contributed by atoms with Crippen molar-refractivity contribution in [3.8, 4) is 6.07 Å². The Morgan fingerprint density at radius 3 is 2.68 bits per heavy atom. The van der Waals surface area contributed by atoms with Crippen LogP contribution in [0.15, 0.2) is 24.3 Å². The average molecular weight is 317 g/mol. The van der Waals surface area contributed by atoms with Crippen LogP contribution in [-0.4, -0.2) is 30.5 Å². The maximum atomic E-state index is 11.9. The van der Waals surface area contributed by atoms with Gasteiger partial charge in [0.1, 0.15) is 6.10 Å². The van der Waals surface area contributed by atoms with Crippen LogP contribution >= 0.6 is 12.6 Å². The molecule has 1 saturated carbocycles. The summed E-state index contributed by atoms with van der Waals surface area (Å²) in [5, 5.41) is 11.3. The van der Waals surface area contributed by atoms with E-state index in [1.807, 2.05) is 24.3 Å². The summed E-state index contributed by atoms with van der Waals surface area (Å²) >= 11 is 3.61. The summed E-state index contributed by atoms with van der Waals surface area (Å²) in [7, 11) is 0. The fourth-order valence-corrected chi connectivity index (χ4v) is 2.68. The van der Waals surface area contributed by atoms with Crippen molar-refractivity contribution in [3.63, 3.8) is 0 Å². The maximum Gasteiger partial charge on any atom is 0.414 e. The van der Waals surface area contributed by atoms with Gasteiger partial charge in [0.25, 0.3) is 5.24 Å². The van der Waals surface area contributed by atoms with Gasteiger partial charge in [-0.1, -0.05) is 24.8 Å². The molecule has 2 aliphatic rings. The molecule has 2 amide bonds. The number of hydrogen-bond acceptors (Lipinski definition) is 4. The van der Waals surface area contributed by atoms with E-state index in [4.69, 9.17) is 4.74 Å². The first-order chi connectivity index (χ1) is 10.5. The smallest absolute Gasteiger partial charge is 0.414 e. The Morgan fingerprint density at radius 1 is 1.45 bits per heavy atom. The Bertz CT molecular complexity index is 649. The van der Waals surface area contributed by atoms with Gasteiger partial charge in [-0.2, -0.15) is 5.26 Å². The van der Waals surface area contributed by atoms with Gasteiger partial charge in [-0.05, 0) is 30.5 Å². The summed E-state index contributed by atoms with van der Waals surface area (Å²) < 4.78 is 5.20. The number of ether oxygens (including phenoxy) is 1. The van der Waals surface area contributed by atoms with Gasteiger partial charge in [-0.3, -0.25) is 9.69 Å². The molecule has 0 radical (unpaired) electrons. The van der Waals surface area contributed by atoms with Gasteiger partial charge >= 0.3 is 6.09 Å². The molecule has 1 aliphatic carbocycles. The van der Waals surface area contributed by atoms with E-state index >= 15 is 0 Å². The quantitative estimate of drug-likeness (QED) is 0.834. The summed E-state index contributed by atoms with van der Waals surface area (Å²) in [5.74, 6) is 0. The first-order valence-electron chi connectivity index (χ1n) is 7.01. The second-order valence-corrected chi connectivity index (χ2v) is 5.95. The average Bonchev–Trinajstić information content (AvgIpc) is 3.23. The first kappa shape index (κ1) is 14.7. The van der Waals surface area contributed by atoms with E-state index in [1.54, 1.807) is 0 Å². The third-order valence-corrected chi connectivity index (χ3v) is 4.21. The zero-order valence-electron chi connectivity index (χ0n) is 11.8. The fraction of sp³-hybridized carbons (Fsp3) is 0.400. The van der Waals surface area contributed by atoms with Gasteiger partial charge in [-0.25, -0.2) is 4.79 Å². The molecule has 3 rings (SSSR count). The molecular weight excluding hydrogens is 302 g/mol. The van der Waals surface area contributed by atoms with Crippen LogP contribution < -0.4 is 10.2 Å². The number of benzene rings is 1. The number of amides is 2. The van der Waals surface area contributed by atoms with Crippen molar-refractivity contribution in [2.24, 2.45) is 0 Å². The lowest BCUT2D eigenvalue weighted by molar-refractivity contribution is 0.141. The van der Waals surface area contributed by atoms with Crippen molar-refractivity contribution in [1.82, 2.24) is 5.32 Å². The highest BCUT2D eigenvalue weighted by molar-refractivity contribution is 7.96. The molecule has 0 bridgehead atoms. The maximum absolute atomic E-state index is 11.9. The number of hydrogen-bond donors (Lipinski definition) is 2. The van der Waals surface area contributed by atoms with Gasteiger partial charge in [0, 0.05) is 5.69 Å². The number of carbonyl (C=O) groups is 2. The number of cyclic esters (lactones) is 1. The zero-order chi connectivity index (χ0) is 15.7. The van der Waals surface area contributed by atoms with Crippen LogP contribution in [0.5, 0.6) is 0 Å². The molecule has 0 spiro atoms. The zero-order valence-corrected chi connectivity index (χ0v) is 12.7. The van der Waals surface area contributed by atoms with Gasteiger partial charge in [0.15, 0.2) is 0 Å². The number of nitrogens with one attached hydrogen (secondary N) is 1. The van der Waals surface area contributed by atoms with Crippen LogP contribution in [-0.2, 0) is 10.2 Å². The van der Waals surface area contributed by atoms with E-state index in [1.165, 1.54) is 4.90 Å². The molecule has 7 heteroatoms. The molecule has 22 heavy (non-hydrogen) atoms. The molecule has 114 valence electrons. The molecule has 1 aromatic carbocycles. The Balaban J connectivity index is 1.68. The van der Waals surface area contributed by atoms with Crippen LogP contribution in [0.3, 0.4) is 0 Å².